The normalized spacial score (nSPS) is 15.7. The average Bonchev–Trinajstić information content (AvgIpc) is 2.39. The number of fused-ring (bicyclic) bond motifs is 4. The van der Waals surface area contributed by atoms with Crippen molar-refractivity contribution in [3.63, 3.8) is 0 Å². The Morgan fingerprint density at radius 3 is 1.64 bits per heavy atom. The summed E-state index contributed by atoms with van der Waals surface area (Å²) < 4.78 is 22.8. The van der Waals surface area contributed by atoms with Crippen LogP contribution in [-0.2, 0) is 11.0 Å². The first-order valence-corrected chi connectivity index (χ1v) is 8.67. The lowest BCUT2D eigenvalue weighted by atomic mass is 9.94. The van der Waals surface area contributed by atoms with Crippen LogP contribution in [0.1, 0.15) is 33.4 Å². The SMILES string of the molecule is Cc1cc(C)c2cc1Cc1cc(c(C)cc1C)OP(=O)(O)O2. The molecule has 22 heavy (non-hydrogen) atoms. The maximum Gasteiger partial charge on any atom is 0.584 e. The number of phosphoric ester groups is 1. The van der Waals surface area contributed by atoms with Gasteiger partial charge in [-0.25, -0.2) is 4.57 Å². The molecule has 1 aliphatic heterocycles. The molecule has 0 atom stereocenters. The number of aryl methyl sites for hydroxylation is 4. The minimum absolute atomic E-state index is 0.395. The maximum absolute atomic E-state index is 12.3. The Bertz CT molecular complexity index is 747. The zero-order valence-corrected chi connectivity index (χ0v) is 14.0. The fourth-order valence-corrected chi connectivity index (χ4v) is 3.73. The molecule has 1 N–H and O–H groups in total. The molecule has 3 rings (SSSR count). The molecule has 0 spiro atoms. The van der Waals surface area contributed by atoms with Crippen molar-refractivity contribution in [3.8, 4) is 11.5 Å². The van der Waals surface area contributed by atoms with Gasteiger partial charge in [-0.05, 0) is 79.6 Å². The van der Waals surface area contributed by atoms with Crippen molar-refractivity contribution >= 4 is 7.82 Å². The standard InChI is InChI=1S/C17H19O4P/c1-10-5-12(3)16-8-14(10)7-15-9-17(13(4)6-11(15)2)21-22(18,19)20-16/h5-6,8-9H,7H2,1-4H3,(H,18,19). The summed E-state index contributed by atoms with van der Waals surface area (Å²) in [5, 5.41) is 0. The third kappa shape index (κ3) is 2.77. The van der Waals surface area contributed by atoms with E-state index in [0.29, 0.717) is 11.5 Å². The van der Waals surface area contributed by atoms with Gasteiger partial charge in [0.1, 0.15) is 11.5 Å². The van der Waals surface area contributed by atoms with Gasteiger partial charge in [0, 0.05) is 0 Å². The second-order valence-electron chi connectivity index (χ2n) is 5.92. The lowest BCUT2D eigenvalue weighted by molar-refractivity contribution is 0.289. The van der Waals surface area contributed by atoms with Crippen LogP contribution in [0.3, 0.4) is 0 Å². The molecule has 1 heterocycles. The first kappa shape index (κ1) is 15.1. The lowest BCUT2D eigenvalue weighted by Crippen LogP contribution is -2.06. The molecule has 0 aliphatic carbocycles. The lowest BCUT2D eigenvalue weighted by Gasteiger charge is -2.21. The second kappa shape index (κ2) is 5.15. The van der Waals surface area contributed by atoms with E-state index < -0.39 is 7.82 Å². The monoisotopic (exact) mass is 318 g/mol. The van der Waals surface area contributed by atoms with Crippen LogP contribution < -0.4 is 9.05 Å². The maximum atomic E-state index is 12.3. The van der Waals surface area contributed by atoms with Crippen LogP contribution in [0.2, 0.25) is 0 Å². The van der Waals surface area contributed by atoms with E-state index in [0.717, 1.165) is 39.8 Å². The van der Waals surface area contributed by atoms with Crippen LogP contribution in [0, 0.1) is 27.7 Å². The molecule has 0 saturated carbocycles. The molecule has 0 fully saturated rings. The number of benzene rings is 2. The number of phosphoric acid groups is 1. The molecular formula is C17H19O4P. The van der Waals surface area contributed by atoms with Crippen LogP contribution >= 0.6 is 7.82 Å². The van der Waals surface area contributed by atoms with E-state index >= 15 is 0 Å². The van der Waals surface area contributed by atoms with Gasteiger partial charge in [-0.1, -0.05) is 12.1 Å². The molecule has 4 nitrogen and oxygen atoms in total. The highest BCUT2D eigenvalue weighted by Crippen LogP contribution is 2.47. The fraction of sp³-hybridized carbons (Fsp3) is 0.294. The van der Waals surface area contributed by atoms with Gasteiger partial charge in [-0.2, -0.15) is 0 Å². The van der Waals surface area contributed by atoms with Crippen molar-refractivity contribution in [1.82, 2.24) is 0 Å². The van der Waals surface area contributed by atoms with E-state index in [9.17, 15) is 9.46 Å². The van der Waals surface area contributed by atoms with Crippen molar-refractivity contribution in [3.05, 3.63) is 57.6 Å². The molecule has 0 saturated heterocycles. The van der Waals surface area contributed by atoms with Gasteiger partial charge in [0.15, 0.2) is 0 Å². The second-order valence-corrected chi connectivity index (χ2v) is 7.22. The van der Waals surface area contributed by atoms with E-state index in [1.807, 2.05) is 52.0 Å². The quantitative estimate of drug-likeness (QED) is 0.732. The Kier molecular flexibility index (Phi) is 3.54. The summed E-state index contributed by atoms with van der Waals surface area (Å²) in [6, 6.07) is 7.61. The summed E-state index contributed by atoms with van der Waals surface area (Å²) in [7, 11) is -4.21. The summed E-state index contributed by atoms with van der Waals surface area (Å²) in [5.74, 6) is 0.791. The highest BCUT2D eigenvalue weighted by atomic mass is 31.2. The molecule has 116 valence electrons. The van der Waals surface area contributed by atoms with Gasteiger partial charge in [0.05, 0.1) is 0 Å². The molecular weight excluding hydrogens is 299 g/mol. The van der Waals surface area contributed by atoms with Gasteiger partial charge < -0.3 is 9.05 Å². The summed E-state index contributed by atoms with van der Waals surface area (Å²) in [4.78, 5) is 10.0. The number of hydrogen-bond acceptors (Lipinski definition) is 3. The zero-order chi connectivity index (χ0) is 16.1. The first-order chi connectivity index (χ1) is 10.2. The molecule has 0 amide bonds. The van der Waals surface area contributed by atoms with Crippen molar-refractivity contribution in [2.75, 3.05) is 0 Å². The average molecular weight is 318 g/mol. The van der Waals surface area contributed by atoms with Crippen LogP contribution in [0.4, 0.5) is 0 Å². The van der Waals surface area contributed by atoms with Gasteiger partial charge in [-0.3, -0.25) is 4.89 Å². The smallest absolute Gasteiger partial charge is 0.395 e. The Morgan fingerprint density at radius 1 is 0.818 bits per heavy atom. The topological polar surface area (TPSA) is 55.8 Å². The number of rotatable bonds is 0. The van der Waals surface area contributed by atoms with E-state index in [2.05, 4.69) is 0 Å². The molecule has 0 radical (unpaired) electrons. The van der Waals surface area contributed by atoms with Crippen molar-refractivity contribution in [2.45, 2.75) is 34.1 Å². The van der Waals surface area contributed by atoms with Crippen LogP contribution in [0.5, 0.6) is 11.5 Å². The summed E-state index contributed by atoms with van der Waals surface area (Å²) >= 11 is 0. The molecule has 2 aromatic rings. The zero-order valence-electron chi connectivity index (χ0n) is 13.1. The van der Waals surface area contributed by atoms with Crippen LogP contribution in [-0.4, -0.2) is 4.89 Å². The van der Waals surface area contributed by atoms with Crippen molar-refractivity contribution in [1.29, 1.82) is 0 Å². The largest absolute Gasteiger partial charge is 0.584 e. The molecule has 0 aromatic heterocycles. The van der Waals surface area contributed by atoms with E-state index in [-0.39, 0.29) is 0 Å². The van der Waals surface area contributed by atoms with E-state index in [1.165, 1.54) is 0 Å². The summed E-state index contributed by atoms with van der Waals surface area (Å²) in [6.45, 7) is 7.79. The van der Waals surface area contributed by atoms with Gasteiger partial charge in [0.2, 0.25) is 0 Å². The summed E-state index contributed by atoms with van der Waals surface area (Å²) in [6.07, 6.45) is 0.737. The third-order valence-electron chi connectivity index (χ3n) is 4.08. The Labute approximate surface area is 130 Å². The third-order valence-corrected chi connectivity index (χ3v) is 4.93. The highest BCUT2D eigenvalue weighted by Gasteiger charge is 2.28. The summed E-state index contributed by atoms with van der Waals surface area (Å²) in [5.41, 5.74) is 6.08. The minimum Gasteiger partial charge on any atom is -0.395 e. The fourth-order valence-electron chi connectivity index (χ4n) is 2.80. The predicted octanol–water partition coefficient (Wildman–Crippen LogP) is 4.38. The Morgan fingerprint density at radius 2 is 1.23 bits per heavy atom. The molecule has 2 aromatic carbocycles. The minimum atomic E-state index is -4.21. The van der Waals surface area contributed by atoms with Crippen LogP contribution in [0.15, 0.2) is 24.3 Å². The molecule has 0 unspecified atom stereocenters. The van der Waals surface area contributed by atoms with Gasteiger partial charge in [0.25, 0.3) is 0 Å². The first-order valence-electron chi connectivity index (χ1n) is 7.17. The molecule has 5 heteroatoms. The van der Waals surface area contributed by atoms with Crippen molar-refractivity contribution in [2.24, 2.45) is 0 Å². The Hall–Kier alpha value is -1.77. The Balaban J connectivity index is 2.25. The van der Waals surface area contributed by atoms with Crippen molar-refractivity contribution < 1.29 is 18.5 Å². The molecule has 4 bridgehead atoms. The van der Waals surface area contributed by atoms with Gasteiger partial charge in [-0.15, -0.1) is 0 Å². The van der Waals surface area contributed by atoms with Gasteiger partial charge >= 0.3 is 7.82 Å². The molecule has 1 aliphatic rings. The highest BCUT2D eigenvalue weighted by molar-refractivity contribution is 7.48. The van der Waals surface area contributed by atoms with Crippen LogP contribution in [0.25, 0.3) is 0 Å². The number of hydrogen-bond donors (Lipinski definition) is 1. The predicted molar refractivity (Wildman–Crippen MR) is 85.7 cm³/mol. The van der Waals surface area contributed by atoms with E-state index in [1.54, 1.807) is 0 Å². The van der Waals surface area contributed by atoms with E-state index in [4.69, 9.17) is 9.05 Å².